The van der Waals surface area contributed by atoms with Crippen LogP contribution in [0.15, 0.2) is 18.2 Å². The van der Waals surface area contributed by atoms with Crippen molar-refractivity contribution in [2.24, 2.45) is 0 Å². The van der Waals surface area contributed by atoms with E-state index in [-0.39, 0.29) is 18.6 Å². The van der Waals surface area contributed by atoms with Gasteiger partial charge in [-0.2, -0.15) is 26.3 Å². The van der Waals surface area contributed by atoms with E-state index < -0.39 is 35.9 Å². The summed E-state index contributed by atoms with van der Waals surface area (Å²) < 4.78 is 80.9. The van der Waals surface area contributed by atoms with Gasteiger partial charge >= 0.3 is 24.4 Å². The van der Waals surface area contributed by atoms with Crippen LogP contribution in [-0.2, 0) is 21.5 Å². The summed E-state index contributed by atoms with van der Waals surface area (Å²) in [6, 6.07) is 5.86. The summed E-state index contributed by atoms with van der Waals surface area (Å²) >= 11 is 0. The van der Waals surface area contributed by atoms with Gasteiger partial charge in [0.05, 0.1) is 5.41 Å². The molecule has 2 aliphatic heterocycles. The molecule has 1 amide bonds. The molecule has 212 valence electrons. The first-order chi connectivity index (χ1) is 17.7. The minimum atomic E-state index is -5.76. The molecular weight excluding hydrogens is 518 g/mol. The number of ether oxygens (including phenoxy) is 1. The molecule has 0 aromatic heterocycles. The number of aryl methyl sites for hydroxylation is 1. The van der Waals surface area contributed by atoms with Crippen LogP contribution in [0.5, 0.6) is 0 Å². The molecule has 1 spiro atoms. The number of carboxylic acids is 1. The molecule has 4 rings (SSSR count). The fraction of sp³-hybridized carbons (Fsp3) is 0.692. The number of carbonyl (C=O) groups is 2. The molecule has 1 N–H and O–H groups in total. The molecule has 0 bridgehead atoms. The van der Waals surface area contributed by atoms with Crippen LogP contribution < -0.4 is 0 Å². The van der Waals surface area contributed by atoms with Gasteiger partial charge in [-0.25, -0.2) is 4.79 Å². The third-order valence-corrected chi connectivity index (χ3v) is 8.52. The molecule has 2 saturated heterocycles. The van der Waals surface area contributed by atoms with Gasteiger partial charge in [-0.1, -0.05) is 36.6 Å². The molecule has 1 aromatic rings. The lowest BCUT2D eigenvalue weighted by Gasteiger charge is -2.45. The number of carbonyl (C=O) groups excluding carboxylic acids is 1. The minimum absolute atomic E-state index is 0.0302. The molecule has 1 aromatic carbocycles. The molecule has 1 aliphatic carbocycles. The number of amides is 1. The molecule has 0 atom stereocenters. The van der Waals surface area contributed by atoms with Gasteiger partial charge in [-0.15, -0.1) is 0 Å². The van der Waals surface area contributed by atoms with Gasteiger partial charge in [0.2, 0.25) is 0 Å². The highest BCUT2D eigenvalue weighted by Crippen LogP contribution is 2.45. The van der Waals surface area contributed by atoms with Crippen molar-refractivity contribution in [2.75, 3.05) is 19.6 Å². The summed E-state index contributed by atoms with van der Waals surface area (Å²) in [4.78, 5) is 27.8. The van der Waals surface area contributed by atoms with E-state index >= 15 is 0 Å². The highest BCUT2D eigenvalue weighted by atomic mass is 19.4. The average molecular weight is 551 g/mol. The zero-order chi connectivity index (χ0) is 27.9. The van der Waals surface area contributed by atoms with Crippen molar-refractivity contribution >= 4 is 12.1 Å². The normalized spacial score (nSPS) is 21.8. The van der Waals surface area contributed by atoms with E-state index in [4.69, 9.17) is 0 Å². The Labute approximate surface area is 216 Å². The SMILES string of the molecule is Cc1ccc(CN2CCCC23CCN(C(=O)OC(C(F)(F)F)C(F)(F)F)CC3)c(C2(C(=O)O)CCCC2)c1. The van der Waals surface area contributed by atoms with Crippen molar-refractivity contribution in [3.05, 3.63) is 34.9 Å². The third kappa shape index (κ3) is 5.46. The number of rotatable bonds is 5. The minimum Gasteiger partial charge on any atom is -0.481 e. The zero-order valence-corrected chi connectivity index (χ0v) is 21.1. The van der Waals surface area contributed by atoms with E-state index in [0.717, 1.165) is 53.8 Å². The van der Waals surface area contributed by atoms with Gasteiger partial charge in [0, 0.05) is 25.2 Å². The number of benzene rings is 1. The first kappa shape index (κ1) is 28.5. The second-order valence-corrected chi connectivity index (χ2v) is 10.8. The third-order valence-electron chi connectivity index (χ3n) is 8.52. The smallest absolute Gasteiger partial charge is 0.434 e. The first-order valence-electron chi connectivity index (χ1n) is 12.9. The Morgan fingerprint density at radius 1 is 0.947 bits per heavy atom. The summed E-state index contributed by atoms with van der Waals surface area (Å²) in [5, 5.41) is 10.2. The molecule has 3 fully saturated rings. The van der Waals surface area contributed by atoms with Crippen LogP contribution in [0, 0.1) is 6.92 Å². The summed E-state index contributed by atoms with van der Waals surface area (Å²) in [6.07, 6.45) is -12.1. The number of likely N-dealkylation sites (tertiary alicyclic amines) is 2. The Hall–Kier alpha value is -2.50. The van der Waals surface area contributed by atoms with E-state index in [0.29, 0.717) is 32.2 Å². The summed E-state index contributed by atoms with van der Waals surface area (Å²) in [5.74, 6) is -0.833. The molecule has 6 nitrogen and oxygen atoms in total. The molecule has 12 heteroatoms. The number of halogens is 6. The number of aliphatic carboxylic acids is 1. The number of piperidine rings is 1. The zero-order valence-electron chi connectivity index (χ0n) is 21.1. The number of hydrogen-bond donors (Lipinski definition) is 1. The number of alkyl halides is 6. The highest BCUT2D eigenvalue weighted by Gasteiger charge is 2.60. The van der Waals surface area contributed by atoms with Crippen molar-refractivity contribution < 1.29 is 45.8 Å². The van der Waals surface area contributed by atoms with Gasteiger partial charge in [0.15, 0.2) is 0 Å². The molecular formula is C26H32F6N2O4. The molecule has 1 saturated carbocycles. The molecule has 0 unspecified atom stereocenters. The van der Waals surface area contributed by atoms with Crippen LogP contribution in [0.1, 0.15) is 68.1 Å². The Morgan fingerprint density at radius 3 is 2.11 bits per heavy atom. The quantitative estimate of drug-likeness (QED) is 0.459. The van der Waals surface area contributed by atoms with Crippen molar-refractivity contribution in [3.8, 4) is 0 Å². The second-order valence-electron chi connectivity index (χ2n) is 10.8. The maximum atomic E-state index is 12.8. The lowest BCUT2D eigenvalue weighted by Crippen LogP contribution is -2.54. The van der Waals surface area contributed by atoms with Crippen LogP contribution in [0.2, 0.25) is 0 Å². The van der Waals surface area contributed by atoms with Crippen molar-refractivity contribution in [3.63, 3.8) is 0 Å². The van der Waals surface area contributed by atoms with Gasteiger partial charge in [0.25, 0.3) is 6.10 Å². The van der Waals surface area contributed by atoms with Crippen molar-refractivity contribution in [2.45, 2.75) is 94.2 Å². The molecule has 0 radical (unpaired) electrons. The predicted molar refractivity (Wildman–Crippen MR) is 125 cm³/mol. The van der Waals surface area contributed by atoms with E-state index in [1.54, 1.807) is 0 Å². The van der Waals surface area contributed by atoms with Crippen molar-refractivity contribution in [1.82, 2.24) is 9.80 Å². The van der Waals surface area contributed by atoms with Gasteiger partial charge in [-0.05, 0) is 63.1 Å². The maximum absolute atomic E-state index is 12.8. The van der Waals surface area contributed by atoms with E-state index in [9.17, 15) is 41.0 Å². The van der Waals surface area contributed by atoms with Crippen LogP contribution in [0.3, 0.4) is 0 Å². The predicted octanol–water partition coefficient (Wildman–Crippen LogP) is 5.95. The van der Waals surface area contributed by atoms with Gasteiger partial charge in [-0.3, -0.25) is 9.69 Å². The van der Waals surface area contributed by atoms with Crippen LogP contribution >= 0.6 is 0 Å². The summed E-state index contributed by atoms with van der Waals surface area (Å²) in [7, 11) is 0. The highest BCUT2D eigenvalue weighted by molar-refractivity contribution is 5.82. The van der Waals surface area contributed by atoms with E-state index in [1.165, 1.54) is 0 Å². The van der Waals surface area contributed by atoms with Crippen LogP contribution in [0.4, 0.5) is 31.1 Å². The lowest BCUT2D eigenvalue weighted by molar-refractivity contribution is -0.308. The number of carboxylic acid groups (broad SMARTS) is 1. The Morgan fingerprint density at radius 2 is 1.55 bits per heavy atom. The van der Waals surface area contributed by atoms with Crippen LogP contribution in [0.25, 0.3) is 0 Å². The molecule has 2 heterocycles. The topological polar surface area (TPSA) is 70.1 Å². The van der Waals surface area contributed by atoms with E-state index in [1.807, 2.05) is 25.1 Å². The van der Waals surface area contributed by atoms with E-state index in [2.05, 4.69) is 9.64 Å². The van der Waals surface area contributed by atoms with Gasteiger partial charge < -0.3 is 14.7 Å². The fourth-order valence-electron chi connectivity index (χ4n) is 6.46. The van der Waals surface area contributed by atoms with Crippen molar-refractivity contribution in [1.29, 1.82) is 0 Å². The Balaban J connectivity index is 1.48. The number of hydrogen-bond acceptors (Lipinski definition) is 4. The largest absolute Gasteiger partial charge is 0.481 e. The standard InChI is InChI=1S/C26H32F6N2O4/c1-17-5-6-18(19(15-17)24(21(35)36)8-2-3-9-24)16-34-12-4-7-23(34)10-13-33(14-11-23)22(37)38-20(25(27,28)29)26(30,31)32/h5-6,15,20H,2-4,7-14,16H2,1H3,(H,35,36). The fourth-order valence-corrected chi connectivity index (χ4v) is 6.46. The van der Waals surface area contributed by atoms with Crippen LogP contribution in [-0.4, -0.2) is 70.6 Å². The lowest BCUT2D eigenvalue weighted by atomic mass is 9.75. The molecule has 38 heavy (non-hydrogen) atoms. The Bertz CT molecular complexity index is 1030. The monoisotopic (exact) mass is 550 g/mol. The average Bonchev–Trinajstić information content (AvgIpc) is 3.46. The number of nitrogens with zero attached hydrogens (tertiary/aromatic N) is 2. The second kappa shape index (κ2) is 10.2. The van der Waals surface area contributed by atoms with Gasteiger partial charge in [0.1, 0.15) is 0 Å². The summed E-state index contributed by atoms with van der Waals surface area (Å²) in [6.45, 7) is 3.07. The Kier molecular flexibility index (Phi) is 7.68. The summed E-state index contributed by atoms with van der Waals surface area (Å²) in [5.41, 5.74) is 1.39. The maximum Gasteiger partial charge on any atom is 0.434 e. The molecule has 3 aliphatic rings. The first-order valence-corrected chi connectivity index (χ1v) is 12.9.